The molecule has 0 fully saturated rings. The Morgan fingerprint density at radius 3 is 1.84 bits per heavy atom. The molecule has 0 bridgehead atoms. The van der Waals surface area contributed by atoms with Gasteiger partial charge in [0.05, 0.1) is 22.4 Å². The molecule has 2 heteroatoms. The van der Waals surface area contributed by atoms with Gasteiger partial charge < -0.3 is 9.47 Å². The SMILES string of the molecule is CC1(C)c2ccccc2-c2cccc(-n3c4ccccc4c4c(-c5cccc(N(c6ccc(-c7cccc8ccccc78)cc6)c6cccc7ccccc67)c5)cccc43)c21. The van der Waals surface area contributed by atoms with Crippen LogP contribution >= 0.6 is 0 Å². The summed E-state index contributed by atoms with van der Waals surface area (Å²) < 4.78 is 2.52. The van der Waals surface area contributed by atoms with Crippen molar-refractivity contribution in [2.24, 2.45) is 0 Å². The summed E-state index contributed by atoms with van der Waals surface area (Å²) in [5, 5.41) is 7.44. The minimum absolute atomic E-state index is 0.148. The number of benzene rings is 10. The molecule has 0 spiro atoms. The molecule has 0 atom stereocenters. The van der Waals surface area contributed by atoms with Gasteiger partial charge in [-0.25, -0.2) is 0 Å². The summed E-state index contributed by atoms with van der Waals surface area (Å²) in [5.74, 6) is 0. The molecule has 11 aromatic rings. The van der Waals surface area contributed by atoms with Crippen LogP contribution in [0.1, 0.15) is 25.0 Å². The van der Waals surface area contributed by atoms with E-state index >= 15 is 0 Å². The zero-order chi connectivity index (χ0) is 40.7. The number of para-hydroxylation sites is 1. The second-order valence-electron chi connectivity index (χ2n) is 16.9. The second-order valence-corrected chi connectivity index (χ2v) is 16.9. The van der Waals surface area contributed by atoms with Crippen LogP contribution in [0.25, 0.3) is 82.4 Å². The van der Waals surface area contributed by atoms with Crippen molar-refractivity contribution < 1.29 is 0 Å². The van der Waals surface area contributed by atoms with Crippen molar-refractivity contribution >= 4 is 60.4 Å². The van der Waals surface area contributed by atoms with Crippen LogP contribution in [0.15, 0.2) is 218 Å². The van der Waals surface area contributed by atoms with Gasteiger partial charge in [0.15, 0.2) is 0 Å². The topological polar surface area (TPSA) is 8.17 Å². The van der Waals surface area contributed by atoms with Crippen molar-refractivity contribution in [2.45, 2.75) is 19.3 Å². The van der Waals surface area contributed by atoms with E-state index in [0.717, 1.165) is 17.1 Å². The van der Waals surface area contributed by atoms with E-state index in [1.165, 1.54) is 93.5 Å². The van der Waals surface area contributed by atoms with Gasteiger partial charge in [0.1, 0.15) is 0 Å². The molecular weight excluding hydrogens is 737 g/mol. The molecule has 1 heterocycles. The summed E-state index contributed by atoms with van der Waals surface area (Å²) in [7, 11) is 0. The summed E-state index contributed by atoms with van der Waals surface area (Å²) in [6, 6.07) is 80.3. The van der Waals surface area contributed by atoms with Crippen LogP contribution < -0.4 is 4.90 Å². The van der Waals surface area contributed by atoms with Crippen LogP contribution in [-0.2, 0) is 5.41 Å². The predicted octanol–water partition coefficient (Wildman–Crippen LogP) is 16.2. The number of rotatable bonds is 6. The number of fused-ring (bicyclic) bond motifs is 8. The Labute approximate surface area is 356 Å². The maximum Gasteiger partial charge on any atom is 0.0547 e. The molecule has 2 nitrogen and oxygen atoms in total. The molecule has 0 saturated heterocycles. The third kappa shape index (κ3) is 5.42. The van der Waals surface area contributed by atoms with Gasteiger partial charge in [-0.15, -0.1) is 0 Å². The molecule has 1 aromatic heterocycles. The molecule has 288 valence electrons. The Hall–Kier alpha value is -7.68. The molecule has 0 N–H and O–H groups in total. The van der Waals surface area contributed by atoms with E-state index in [1.807, 2.05) is 0 Å². The van der Waals surface area contributed by atoms with Crippen molar-refractivity contribution in [3.05, 3.63) is 230 Å². The lowest BCUT2D eigenvalue weighted by Gasteiger charge is -2.27. The first kappa shape index (κ1) is 35.3. The molecule has 0 aliphatic heterocycles. The molecular formula is C59H42N2. The van der Waals surface area contributed by atoms with Gasteiger partial charge in [-0.05, 0) is 109 Å². The van der Waals surface area contributed by atoms with E-state index in [4.69, 9.17) is 0 Å². The molecule has 0 unspecified atom stereocenters. The Morgan fingerprint density at radius 2 is 0.984 bits per heavy atom. The third-order valence-corrected chi connectivity index (χ3v) is 13.1. The maximum atomic E-state index is 2.52. The average molecular weight is 779 g/mol. The van der Waals surface area contributed by atoms with Gasteiger partial charge in [-0.3, -0.25) is 0 Å². The Morgan fingerprint density at radius 1 is 0.393 bits per heavy atom. The van der Waals surface area contributed by atoms with E-state index < -0.39 is 0 Å². The minimum Gasteiger partial charge on any atom is -0.310 e. The van der Waals surface area contributed by atoms with Gasteiger partial charge in [-0.1, -0.05) is 184 Å². The third-order valence-electron chi connectivity index (χ3n) is 13.1. The number of hydrogen-bond acceptors (Lipinski definition) is 1. The zero-order valence-corrected chi connectivity index (χ0v) is 34.2. The summed E-state index contributed by atoms with van der Waals surface area (Å²) >= 11 is 0. The van der Waals surface area contributed by atoms with E-state index in [2.05, 4.69) is 242 Å². The number of nitrogens with zero attached hydrogens (tertiary/aromatic N) is 2. The molecule has 1 aliphatic rings. The van der Waals surface area contributed by atoms with E-state index in [9.17, 15) is 0 Å². The highest BCUT2D eigenvalue weighted by atomic mass is 15.1. The fourth-order valence-electron chi connectivity index (χ4n) is 10.4. The van der Waals surface area contributed by atoms with Crippen LogP contribution in [0.3, 0.4) is 0 Å². The molecule has 1 aliphatic carbocycles. The Bertz CT molecular complexity index is 3500. The molecule has 10 aromatic carbocycles. The quantitative estimate of drug-likeness (QED) is 0.163. The largest absolute Gasteiger partial charge is 0.310 e. The van der Waals surface area contributed by atoms with Crippen molar-refractivity contribution in [3.8, 4) is 39.1 Å². The maximum absolute atomic E-state index is 2.52. The lowest BCUT2D eigenvalue weighted by molar-refractivity contribution is 0.656. The first-order valence-corrected chi connectivity index (χ1v) is 21.3. The highest BCUT2D eigenvalue weighted by Gasteiger charge is 2.38. The first-order chi connectivity index (χ1) is 30.0. The lowest BCUT2D eigenvalue weighted by atomic mass is 9.81. The van der Waals surface area contributed by atoms with Gasteiger partial charge >= 0.3 is 0 Å². The molecule has 0 radical (unpaired) electrons. The standard InChI is InChI=1S/C59H42N2/c1-59(2)52-29-9-7-24-49(52)50-28-15-33-56(58(50)59)61-54-30-10-8-25-51(54)57-48(27-14-32-55(57)61)42-20-11-21-44(38-42)60(53-31-13-19-40-17-4-6-23-47(40)53)43-36-34-41(35-37-43)46-26-12-18-39-16-3-5-22-45(39)46/h3-38H,1-2H3. The Balaban J connectivity index is 1.04. The van der Waals surface area contributed by atoms with Crippen LogP contribution in [-0.4, -0.2) is 4.57 Å². The zero-order valence-electron chi connectivity index (χ0n) is 34.2. The van der Waals surface area contributed by atoms with Crippen molar-refractivity contribution in [1.82, 2.24) is 4.57 Å². The molecule has 61 heavy (non-hydrogen) atoms. The lowest BCUT2D eigenvalue weighted by Crippen LogP contribution is -2.17. The summed E-state index contributed by atoms with van der Waals surface area (Å²) in [6.07, 6.45) is 0. The number of anilines is 3. The summed E-state index contributed by atoms with van der Waals surface area (Å²) in [5.41, 5.74) is 17.1. The predicted molar refractivity (Wildman–Crippen MR) is 259 cm³/mol. The van der Waals surface area contributed by atoms with E-state index in [-0.39, 0.29) is 5.41 Å². The van der Waals surface area contributed by atoms with Crippen LogP contribution in [0.2, 0.25) is 0 Å². The fraction of sp³-hybridized carbons (Fsp3) is 0.0508. The van der Waals surface area contributed by atoms with Gasteiger partial charge in [0, 0.05) is 32.9 Å². The molecule has 0 saturated carbocycles. The smallest absolute Gasteiger partial charge is 0.0547 e. The number of hydrogen-bond donors (Lipinski definition) is 0. The Kier molecular flexibility index (Phi) is 7.92. The van der Waals surface area contributed by atoms with Crippen molar-refractivity contribution in [3.63, 3.8) is 0 Å². The van der Waals surface area contributed by atoms with E-state index in [0.29, 0.717) is 0 Å². The number of aromatic nitrogens is 1. The normalized spacial score (nSPS) is 12.9. The van der Waals surface area contributed by atoms with Crippen LogP contribution in [0, 0.1) is 0 Å². The van der Waals surface area contributed by atoms with Gasteiger partial charge in [-0.2, -0.15) is 0 Å². The molecule has 12 rings (SSSR count). The first-order valence-electron chi connectivity index (χ1n) is 21.3. The van der Waals surface area contributed by atoms with E-state index in [1.54, 1.807) is 0 Å². The average Bonchev–Trinajstić information content (AvgIpc) is 3.78. The molecule has 0 amide bonds. The van der Waals surface area contributed by atoms with Crippen molar-refractivity contribution in [1.29, 1.82) is 0 Å². The summed E-state index contributed by atoms with van der Waals surface area (Å²) in [4.78, 5) is 2.43. The van der Waals surface area contributed by atoms with Crippen molar-refractivity contribution in [2.75, 3.05) is 4.90 Å². The summed E-state index contributed by atoms with van der Waals surface area (Å²) in [6.45, 7) is 4.76. The van der Waals surface area contributed by atoms with Gasteiger partial charge in [0.25, 0.3) is 0 Å². The van der Waals surface area contributed by atoms with Gasteiger partial charge in [0.2, 0.25) is 0 Å². The highest BCUT2D eigenvalue weighted by molar-refractivity contribution is 6.16. The monoisotopic (exact) mass is 778 g/mol. The van der Waals surface area contributed by atoms with Crippen LogP contribution in [0.4, 0.5) is 17.1 Å². The fourth-order valence-corrected chi connectivity index (χ4v) is 10.4. The van der Waals surface area contributed by atoms with Crippen LogP contribution in [0.5, 0.6) is 0 Å². The second kappa shape index (κ2) is 13.7. The minimum atomic E-state index is -0.148. The highest BCUT2D eigenvalue weighted by Crippen LogP contribution is 2.52.